The number of halogens is 1. The lowest BCUT2D eigenvalue weighted by Crippen LogP contribution is -1.96. The third kappa shape index (κ3) is 3.07. The van der Waals surface area contributed by atoms with E-state index in [9.17, 15) is 0 Å². The van der Waals surface area contributed by atoms with E-state index in [2.05, 4.69) is 27.6 Å². The molecular formula is C21H16ClN3O. The summed E-state index contributed by atoms with van der Waals surface area (Å²) >= 11 is 6.04. The van der Waals surface area contributed by atoms with Crippen LogP contribution in [0.1, 0.15) is 5.56 Å². The van der Waals surface area contributed by atoms with Crippen LogP contribution >= 0.6 is 11.6 Å². The van der Waals surface area contributed by atoms with E-state index < -0.39 is 0 Å². The van der Waals surface area contributed by atoms with Crippen LogP contribution in [-0.4, -0.2) is 18.3 Å². The van der Waals surface area contributed by atoms with Crippen molar-refractivity contribution in [2.24, 2.45) is 5.10 Å². The SMILES string of the molecule is COc1ccc2ccccc2c1/C=N/Nc1ccnc2cc(Cl)ccc12. The summed E-state index contributed by atoms with van der Waals surface area (Å²) in [5.74, 6) is 0.778. The van der Waals surface area contributed by atoms with Gasteiger partial charge in [-0.2, -0.15) is 5.10 Å². The molecule has 0 fully saturated rings. The van der Waals surface area contributed by atoms with Crippen LogP contribution in [0.3, 0.4) is 0 Å². The molecule has 0 spiro atoms. The minimum Gasteiger partial charge on any atom is -0.496 e. The van der Waals surface area contributed by atoms with Crippen molar-refractivity contribution in [1.82, 2.24) is 4.98 Å². The molecule has 0 amide bonds. The van der Waals surface area contributed by atoms with E-state index in [0.717, 1.165) is 38.7 Å². The van der Waals surface area contributed by atoms with Crippen molar-refractivity contribution in [1.29, 1.82) is 0 Å². The van der Waals surface area contributed by atoms with Crippen LogP contribution in [0.2, 0.25) is 5.02 Å². The third-order valence-electron chi connectivity index (χ3n) is 4.23. The van der Waals surface area contributed by atoms with Gasteiger partial charge in [0.1, 0.15) is 5.75 Å². The van der Waals surface area contributed by atoms with Crippen LogP contribution in [0, 0.1) is 0 Å². The normalized spacial score (nSPS) is 11.3. The summed E-state index contributed by atoms with van der Waals surface area (Å²) in [4.78, 5) is 4.34. The molecule has 0 unspecified atom stereocenters. The number of benzene rings is 3. The van der Waals surface area contributed by atoms with Crippen LogP contribution in [0.5, 0.6) is 5.75 Å². The zero-order valence-electron chi connectivity index (χ0n) is 14.1. The van der Waals surface area contributed by atoms with Gasteiger partial charge in [-0.3, -0.25) is 10.4 Å². The first-order chi connectivity index (χ1) is 12.8. The Morgan fingerprint density at radius 3 is 2.81 bits per heavy atom. The molecule has 0 aliphatic heterocycles. The molecule has 128 valence electrons. The summed E-state index contributed by atoms with van der Waals surface area (Å²) in [5.41, 5.74) is 5.72. The number of methoxy groups -OCH3 is 1. The van der Waals surface area contributed by atoms with E-state index in [0.29, 0.717) is 5.02 Å². The van der Waals surface area contributed by atoms with Gasteiger partial charge in [-0.15, -0.1) is 0 Å². The second kappa shape index (κ2) is 7.02. The standard InChI is InChI=1S/C21H16ClN3O/c1-26-21-9-6-14-4-2-3-5-16(14)18(21)13-24-25-19-10-11-23-20-12-15(22)7-8-17(19)20/h2-13H,1H3,(H,23,25)/b24-13+. The lowest BCUT2D eigenvalue weighted by atomic mass is 10.0. The van der Waals surface area contributed by atoms with Crippen molar-refractivity contribution in [3.05, 3.63) is 77.4 Å². The average molecular weight is 362 g/mol. The number of nitrogens with zero attached hydrogens (tertiary/aromatic N) is 2. The van der Waals surface area contributed by atoms with Gasteiger partial charge in [0.05, 0.1) is 24.5 Å². The second-order valence-corrected chi connectivity index (χ2v) is 6.23. The summed E-state index contributed by atoms with van der Waals surface area (Å²) in [6.45, 7) is 0. The first-order valence-electron chi connectivity index (χ1n) is 8.15. The Labute approximate surface area is 156 Å². The van der Waals surface area contributed by atoms with Crippen molar-refractivity contribution in [3.63, 3.8) is 0 Å². The number of nitrogens with one attached hydrogen (secondary N) is 1. The minimum atomic E-state index is 0.658. The fourth-order valence-electron chi connectivity index (χ4n) is 2.97. The smallest absolute Gasteiger partial charge is 0.128 e. The summed E-state index contributed by atoms with van der Waals surface area (Å²) in [7, 11) is 1.66. The van der Waals surface area contributed by atoms with E-state index in [4.69, 9.17) is 16.3 Å². The first-order valence-corrected chi connectivity index (χ1v) is 8.53. The lowest BCUT2D eigenvalue weighted by molar-refractivity contribution is 0.415. The molecule has 0 saturated carbocycles. The summed E-state index contributed by atoms with van der Waals surface area (Å²) in [5, 5.41) is 8.27. The highest BCUT2D eigenvalue weighted by atomic mass is 35.5. The van der Waals surface area contributed by atoms with Crippen molar-refractivity contribution < 1.29 is 4.74 Å². The topological polar surface area (TPSA) is 46.5 Å². The van der Waals surface area contributed by atoms with Crippen molar-refractivity contribution in [3.8, 4) is 5.75 Å². The van der Waals surface area contributed by atoms with Crippen molar-refractivity contribution >= 4 is 45.2 Å². The Balaban J connectivity index is 1.71. The molecule has 4 aromatic rings. The fourth-order valence-corrected chi connectivity index (χ4v) is 3.14. The number of aromatic nitrogens is 1. The molecule has 1 N–H and O–H groups in total. The van der Waals surface area contributed by atoms with Gasteiger partial charge in [-0.25, -0.2) is 0 Å². The molecule has 5 heteroatoms. The quantitative estimate of drug-likeness (QED) is 0.386. The highest BCUT2D eigenvalue weighted by Gasteiger charge is 2.06. The zero-order valence-corrected chi connectivity index (χ0v) is 14.9. The number of rotatable bonds is 4. The van der Waals surface area contributed by atoms with Gasteiger partial charge in [0, 0.05) is 22.2 Å². The van der Waals surface area contributed by atoms with Crippen LogP contribution in [0.4, 0.5) is 5.69 Å². The Bertz CT molecular complexity index is 1120. The number of hydrogen-bond acceptors (Lipinski definition) is 4. The van der Waals surface area contributed by atoms with Gasteiger partial charge in [0.15, 0.2) is 0 Å². The predicted octanol–water partition coefficient (Wildman–Crippen LogP) is 5.50. The third-order valence-corrected chi connectivity index (χ3v) is 4.47. The number of hydrogen-bond donors (Lipinski definition) is 1. The molecule has 0 atom stereocenters. The van der Waals surface area contributed by atoms with Crippen molar-refractivity contribution in [2.45, 2.75) is 0 Å². The van der Waals surface area contributed by atoms with E-state index in [1.807, 2.05) is 48.5 Å². The van der Waals surface area contributed by atoms with Crippen LogP contribution in [0.15, 0.2) is 72.0 Å². The molecule has 3 aromatic carbocycles. The maximum Gasteiger partial charge on any atom is 0.128 e. The monoisotopic (exact) mass is 361 g/mol. The first kappa shape index (κ1) is 16.4. The summed E-state index contributed by atoms with van der Waals surface area (Å²) in [6, 6.07) is 19.6. The average Bonchev–Trinajstić information content (AvgIpc) is 2.68. The van der Waals surface area contributed by atoms with Gasteiger partial charge >= 0.3 is 0 Å². The lowest BCUT2D eigenvalue weighted by Gasteiger charge is -2.09. The van der Waals surface area contributed by atoms with E-state index >= 15 is 0 Å². The van der Waals surface area contributed by atoms with Crippen LogP contribution in [0.25, 0.3) is 21.7 Å². The summed E-state index contributed by atoms with van der Waals surface area (Å²) in [6.07, 6.45) is 3.51. The number of hydrazone groups is 1. The van der Waals surface area contributed by atoms with E-state index in [-0.39, 0.29) is 0 Å². The van der Waals surface area contributed by atoms with Gasteiger partial charge < -0.3 is 4.74 Å². The number of ether oxygens (including phenoxy) is 1. The predicted molar refractivity (Wildman–Crippen MR) is 108 cm³/mol. The Hall–Kier alpha value is -3.11. The molecule has 0 bridgehead atoms. The highest BCUT2D eigenvalue weighted by molar-refractivity contribution is 6.31. The largest absolute Gasteiger partial charge is 0.496 e. The zero-order chi connectivity index (χ0) is 17.9. The molecule has 1 heterocycles. The van der Waals surface area contributed by atoms with Gasteiger partial charge in [0.25, 0.3) is 0 Å². The molecule has 26 heavy (non-hydrogen) atoms. The molecule has 4 nitrogen and oxygen atoms in total. The summed E-state index contributed by atoms with van der Waals surface area (Å²) < 4.78 is 5.50. The van der Waals surface area contributed by atoms with Gasteiger partial charge in [0.2, 0.25) is 0 Å². The Morgan fingerprint density at radius 1 is 1.04 bits per heavy atom. The molecular weight excluding hydrogens is 346 g/mol. The molecule has 0 saturated heterocycles. The minimum absolute atomic E-state index is 0.658. The molecule has 0 aliphatic carbocycles. The molecule has 0 radical (unpaired) electrons. The van der Waals surface area contributed by atoms with Crippen LogP contribution < -0.4 is 10.2 Å². The Morgan fingerprint density at radius 2 is 1.92 bits per heavy atom. The second-order valence-electron chi connectivity index (χ2n) is 5.79. The van der Waals surface area contributed by atoms with E-state index in [1.54, 1.807) is 19.5 Å². The fraction of sp³-hybridized carbons (Fsp3) is 0.0476. The number of pyridine rings is 1. The van der Waals surface area contributed by atoms with Gasteiger partial charge in [-0.05, 0) is 41.1 Å². The maximum atomic E-state index is 6.04. The van der Waals surface area contributed by atoms with Gasteiger partial charge in [-0.1, -0.05) is 41.9 Å². The molecule has 0 aliphatic rings. The van der Waals surface area contributed by atoms with Crippen LogP contribution in [-0.2, 0) is 0 Å². The van der Waals surface area contributed by atoms with Crippen molar-refractivity contribution in [2.75, 3.05) is 12.5 Å². The van der Waals surface area contributed by atoms with E-state index in [1.165, 1.54) is 0 Å². The molecule has 4 rings (SSSR count). The maximum absolute atomic E-state index is 6.04. The Kier molecular flexibility index (Phi) is 4.42. The highest BCUT2D eigenvalue weighted by Crippen LogP contribution is 2.27. The number of anilines is 1. The number of fused-ring (bicyclic) bond motifs is 2. The molecule has 1 aromatic heterocycles.